The molecule has 1 aromatic heterocycles. The van der Waals surface area contributed by atoms with Crippen LogP contribution in [0.15, 0.2) is 54.6 Å². The summed E-state index contributed by atoms with van der Waals surface area (Å²) in [6.07, 6.45) is -0.105. The van der Waals surface area contributed by atoms with Crippen LogP contribution in [0, 0.1) is 5.82 Å². The Morgan fingerprint density at radius 1 is 1.17 bits per heavy atom. The third kappa shape index (κ3) is 5.46. The van der Waals surface area contributed by atoms with Gasteiger partial charge in [-0.15, -0.1) is 10.2 Å². The molecule has 1 aliphatic rings. The summed E-state index contributed by atoms with van der Waals surface area (Å²) in [5.74, 6) is 0.0424. The molecule has 0 bridgehead atoms. The molecule has 0 unspecified atom stereocenters. The summed E-state index contributed by atoms with van der Waals surface area (Å²) in [7, 11) is 0. The molecule has 0 radical (unpaired) electrons. The minimum absolute atomic E-state index is 0.00809. The smallest absolute Gasteiger partial charge is 0.243 e. The molecule has 1 atom stereocenters. The van der Waals surface area contributed by atoms with Crippen LogP contribution in [0.3, 0.4) is 0 Å². The number of carbonyl (C=O) groups is 1. The van der Waals surface area contributed by atoms with Gasteiger partial charge in [0.15, 0.2) is 0 Å². The number of morpholine rings is 1. The van der Waals surface area contributed by atoms with Gasteiger partial charge in [-0.2, -0.15) is 4.80 Å². The van der Waals surface area contributed by atoms with Crippen molar-refractivity contribution < 1.29 is 13.9 Å². The third-order valence-corrected chi connectivity index (χ3v) is 4.84. The summed E-state index contributed by atoms with van der Waals surface area (Å²) in [6, 6.07) is 16.0. The van der Waals surface area contributed by atoms with Crippen molar-refractivity contribution in [2.45, 2.75) is 19.2 Å². The maximum atomic E-state index is 13.1. The summed E-state index contributed by atoms with van der Waals surface area (Å²) in [6.45, 7) is 3.20. The molecule has 0 spiro atoms. The predicted octanol–water partition coefficient (Wildman–Crippen LogP) is 1.50. The topological polar surface area (TPSA) is 85.2 Å². The van der Waals surface area contributed by atoms with Gasteiger partial charge in [-0.05, 0) is 22.9 Å². The molecule has 0 aliphatic carbocycles. The normalized spacial score (nSPS) is 17.0. The lowest BCUT2D eigenvalue weighted by molar-refractivity contribution is -0.123. The lowest BCUT2D eigenvalue weighted by Crippen LogP contribution is -2.47. The molecule has 8 nitrogen and oxygen atoms in total. The summed E-state index contributed by atoms with van der Waals surface area (Å²) in [5.41, 5.74) is 1.90. The highest BCUT2D eigenvalue weighted by molar-refractivity contribution is 5.75. The number of ether oxygens (including phenoxy) is 1. The summed E-state index contributed by atoms with van der Waals surface area (Å²) in [4.78, 5) is 15.8. The van der Waals surface area contributed by atoms with Crippen molar-refractivity contribution in [3.8, 4) is 11.4 Å². The second-order valence-electron chi connectivity index (χ2n) is 7.17. The van der Waals surface area contributed by atoms with E-state index in [1.54, 1.807) is 12.1 Å². The molecule has 2 aromatic carbocycles. The first kappa shape index (κ1) is 20.1. The Morgan fingerprint density at radius 3 is 2.77 bits per heavy atom. The second-order valence-corrected chi connectivity index (χ2v) is 7.17. The number of halogens is 1. The van der Waals surface area contributed by atoms with Crippen LogP contribution in [-0.4, -0.2) is 63.4 Å². The highest BCUT2D eigenvalue weighted by Gasteiger charge is 2.21. The number of benzene rings is 2. The molecule has 9 heteroatoms. The van der Waals surface area contributed by atoms with Gasteiger partial charge in [0.2, 0.25) is 11.7 Å². The van der Waals surface area contributed by atoms with E-state index in [0.717, 1.165) is 24.2 Å². The maximum Gasteiger partial charge on any atom is 0.243 e. The molecule has 2 heterocycles. The van der Waals surface area contributed by atoms with Crippen LogP contribution >= 0.6 is 0 Å². The van der Waals surface area contributed by atoms with E-state index in [0.29, 0.717) is 25.5 Å². The van der Waals surface area contributed by atoms with Gasteiger partial charge in [-0.1, -0.05) is 42.5 Å². The number of rotatable bonds is 7. The van der Waals surface area contributed by atoms with Crippen molar-refractivity contribution in [1.29, 1.82) is 0 Å². The lowest BCUT2D eigenvalue weighted by atomic mass is 10.2. The Labute approximate surface area is 173 Å². The number of carbonyl (C=O) groups excluding carboxylic acids is 1. The van der Waals surface area contributed by atoms with Crippen molar-refractivity contribution in [3.05, 3.63) is 66.0 Å². The fourth-order valence-corrected chi connectivity index (χ4v) is 3.32. The highest BCUT2D eigenvalue weighted by atomic mass is 19.1. The molecule has 1 amide bonds. The standard InChI is InChI=1S/C21H23FN6O2/c22-18-8-6-16(7-9-18)13-27-10-11-30-19(14-27)12-23-20(29)15-28-25-21(24-26-28)17-4-2-1-3-5-17/h1-9,19H,10-15H2,(H,23,29)/t19-/m0/s1. The zero-order valence-corrected chi connectivity index (χ0v) is 16.4. The van der Waals surface area contributed by atoms with E-state index in [9.17, 15) is 9.18 Å². The lowest BCUT2D eigenvalue weighted by Gasteiger charge is -2.33. The highest BCUT2D eigenvalue weighted by Crippen LogP contribution is 2.12. The maximum absolute atomic E-state index is 13.1. The number of nitrogens with zero attached hydrogens (tertiary/aromatic N) is 5. The van der Waals surface area contributed by atoms with Crippen LogP contribution in [0.25, 0.3) is 11.4 Å². The van der Waals surface area contributed by atoms with E-state index >= 15 is 0 Å². The third-order valence-electron chi connectivity index (χ3n) is 4.84. The van der Waals surface area contributed by atoms with E-state index in [-0.39, 0.29) is 24.4 Å². The minimum atomic E-state index is -0.237. The summed E-state index contributed by atoms with van der Waals surface area (Å²) in [5, 5.41) is 15.1. The molecule has 1 fully saturated rings. The quantitative estimate of drug-likeness (QED) is 0.635. The van der Waals surface area contributed by atoms with Crippen LogP contribution in [0.1, 0.15) is 5.56 Å². The first-order valence-electron chi connectivity index (χ1n) is 9.84. The fraction of sp³-hybridized carbons (Fsp3) is 0.333. The second kappa shape index (κ2) is 9.55. The summed E-state index contributed by atoms with van der Waals surface area (Å²) < 4.78 is 18.8. The molecule has 1 saturated heterocycles. The van der Waals surface area contributed by atoms with Crippen molar-refractivity contribution in [2.75, 3.05) is 26.2 Å². The van der Waals surface area contributed by atoms with E-state index in [1.165, 1.54) is 16.9 Å². The SMILES string of the molecule is O=C(Cn1nnc(-c2ccccc2)n1)NC[C@H]1CN(Cc2ccc(F)cc2)CCO1. The van der Waals surface area contributed by atoms with Crippen molar-refractivity contribution >= 4 is 5.91 Å². The monoisotopic (exact) mass is 410 g/mol. The largest absolute Gasteiger partial charge is 0.374 e. The average molecular weight is 410 g/mol. The Bertz CT molecular complexity index is 963. The molecule has 1 N–H and O–H groups in total. The Balaban J connectivity index is 1.23. The molecule has 30 heavy (non-hydrogen) atoms. The van der Waals surface area contributed by atoms with Crippen molar-refractivity contribution in [1.82, 2.24) is 30.4 Å². The van der Waals surface area contributed by atoms with Gasteiger partial charge in [0, 0.05) is 31.7 Å². The Hall–Kier alpha value is -3.17. The van der Waals surface area contributed by atoms with E-state index in [4.69, 9.17) is 4.74 Å². The number of nitrogens with one attached hydrogen (secondary N) is 1. The number of tetrazole rings is 1. The van der Waals surface area contributed by atoms with Crippen LogP contribution < -0.4 is 5.32 Å². The first-order chi connectivity index (χ1) is 14.7. The Kier molecular flexibility index (Phi) is 6.41. The van der Waals surface area contributed by atoms with Gasteiger partial charge in [0.05, 0.1) is 12.7 Å². The van der Waals surface area contributed by atoms with Gasteiger partial charge < -0.3 is 10.1 Å². The first-order valence-corrected chi connectivity index (χ1v) is 9.84. The van der Waals surface area contributed by atoms with Crippen LogP contribution in [0.2, 0.25) is 0 Å². The van der Waals surface area contributed by atoms with Crippen LogP contribution in [-0.2, 0) is 22.6 Å². The van der Waals surface area contributed by atoms with Gasteiger partial charge in [-0.3, -0.25) is 9.69 Å². The van der Waals surface area contributed by atoms with E-state index in [1.807, 2.05) is 30.3 Å². The van der Waals surface area contributed by atoms with E-state index in [2.05, 4.69) is 25.6 Å². The number of amides is 1. The number of aromatic nitrogens is 4. The molecule has 3 aromatic rings. The molecule has 156 valence electrons. The average Bonchev–Trinajstić information content (AvgIpc) is 3.23. The molecule has 0 saturated carbocycles. The number of hydrogen-bond acceptors (Lipinski definition) is 6. The van der Waals surface area contributed by atoms with E-state index < -0.39 is 0 Å². The van der Waals surface area contributed by atoms with Gasteiger partial charge >= 0.3 is 0 Å². The van der Waals surface area contributed by atoms with Crippen molar-refractivity contribution in [3.63, 3.8) is 0 Å². The van der Waals surface area contributed by atoms with Crippen LogP contribution in [0.4, 0.5) is 4.39 Å². The van der Waals surface area contributed by atoms with Gasteiger partial charge in [0.1, 0.15) is 12.4 Å². The zero-order valence-electron chi connectivity index (χ0n) is 16.4. The molecular weight excluding hydrogens is 387 g/mol. The Morgan fingerprint density at radius 2 is 1.97 bits per heavy atom. The molecule has 1 aliphatic heterocycles. The van der Waals surface area contributed by atoms with Gasteiger partial charge in [-0.25, -0.2) is 4.39 Å². The minimum Gasteiger partial charge on any atom is -0.374 e. The molecule has 4 rings (SSSR count). The predicted molar refractivity (Wildman–Crippen MR) is 108 cm³/mol. The summed E-state index contributed by atoms with van der Waals surface area (Å²) >= 11 is 0. The number of hydrogen-bond donors (Lipinski definition) is 1. The molecular formula is C21H23FN6O2. The fourth-order valence-electron chi connectivity index (χ4n) is 3.32. The zero-order chi connectivity index (χ0) is 20.8. The van der Waals surface area contributed by atoms with Gasteiger partial charge in [0.25, 0.3) is 0 Å². The van der Waals surface area contributed by atoms with Crippen LogP contribution in [0.5, 0.6) is 0 Å². The van der Waals surface area contributed by atoms with Crippen molar-refractivity contribution in [2.24, 2.45) is 0 Å².